The molecule has 186 valence electrons. The topological polar surface area (TPSA) is 95.9 Å². The number of benzene rings is 1. The van der Waals surface area contributed by atoms with Crippen LogP contribution in [0.5, 0.6) is 0 Å². The second-order valence-electron chi connectivity index (χ2n) is 10.5. The molecular formula is C26H36N2O5S. The number of carbonyl (C=O) groups excluding carboxylic acids is 3. The second-order valence-corrected chi connectivity index (χ2v) is 12.4. The van der Waals surface area contributed by atoms with Gasteiger partial charge >= 0.3 is 5.97 Å². The largest absolute Gasteiger partial charge is 0.466 e. The molecule has 0 aliphatic carbocycles. The third kappa shape index (κ3) is 3.65. The molecule has 2 bridgehead atoms. The maximum Gasteiger partial charge on any atom is 0.311 e. The Morgan fingerprint density at radius 1 is 1.29 bits per heavy atom. The molecule has 2 unspecified atom stereocenters. The summed E-state index contributed by atoms with van der Waals surface area (Å²) >= 11 is 1.61. The monoisotopic (exact) mass is 488 g/mol. The lowest BCUT2D eigenvalue weighted by molar-refractivity contribution is -0.155. The number of aliphatic hydroxyl groups excluding tert-OH is 1. The minimum absolute atomic E-state index is 0.0565. The zero-order valence-electron chi connectivity index (χ0n) is 20.9. The van der Waals surface area contributed by atoms with E-state index < -0.39 is 33.4 Å². The fourth-order valence-corrected chi connectivity index (χ4v) is 8.63. The number of hydrogen-bond donors (Lipinski definition) is 2. The Bertz CT molecular complexity index is 1010. The van der Waals surface area contributed by atoms with Gasteiger partial charge in [-0.3, -0.25) is 14.4 Å². The SMILES string of the molecule is CCOC(=O)[C@H]1[C@H]2C(=O)N([C@@H](CO)C(C)C)C(C(=O)Nc3cc(C)ccc3C)C23CC[C@]1(C)S3. The van der Waals surface area contributed by atoms with E-state index >= 15 is 0 Å². The number of aryl methyl sites for hydroxylation is 2. The number of likely N-dealkylation sites (tertiary alicyclic amines) is 1. The predicted molar refractivity (Wildman–Crippen MR) is 132 cm³/mol. The molecule has 1 spiro atoms. The lowest BCUT2D eigenvalue weighted by atomic mass is 9.66. The zero-order chi connectivity index (χ0) is 25.0. The first kappa shape index (κ1) is 25.0. The van der Waals surface area contributed by atoms with Crippen molar-refractivity contribution in [1.82, 2.24) is 4.90 Å². The van der Waals surface area contributed by atoms with E-state index in [4.69, 9.17) is 4.74 Å². The van der Waals surface area contributed by atoms with E-state index in [-0.39, 0.29) is 36.9 Å². The normalized spacial score (nSPS) is 32.8. The molecule has 3 saturated heterocycles. The minimum Gasteiger partial charge on any atom is -0.466 e. The van der Waals surface area contributed by atoms with Crippen molar-refractivity contribution < 1.29 is 24.2 Å². The molecule has 3 heterocycles. The van der Waals surface area contributed by atoms with E-state index in [1.54, 1.807) is 23.6 Å². The zero-order valence-corrected chi connectivity index (χ0v) is 21.7. The van der Waals surface area contributed by atoms with Gasteiger partial charge in [0.05, 0.1) is 35.8 Å². The summed E-state index contributed by atoms with van der Waals surface area (Å²) in [5.74, 6) is -2.14. The molecule has 3 aliphatic rings. The Balaban J connectivity index is 1.80. The van der Waals surface area contributed by atoms with E-state index in [1.807, 2.05) is 52.8 Å². The number of rotatable bonds is 7. The molecule has 6 atom stereocenters. The standard InChI is InChI=1S/C26H36N2O5S/c1-7-33-24(32)20-19-23(31)28(18(13-29)14(2)3)21(26(19)11-10-25(20,6)34-26)22(30)27-17-12-15(4)8-9-16(17)5/h8-9,12,14,18-21,29H,7,10-11,13H2,1-6H3,(H,27,30)/t18-,19-,20+,21?,25-,26?/m0/s1. The van der Waals surface area contributed by atoms with Gasteiger partial charge in [0.25, 0.3) is 0 Å². The first-order valence-electron chi connectivity index (χ1n) is 12.2. The summed E-state index contributed by atoms with van der Waals surface area (Å²) in [7, 11) is 0. The van der Waals surface area contributed by atoms with Crippen LogP contribution >= 0.6 is 11.8 Å². The number of fused-ring (bicyclic) bond motifs is 1. The minimum atomic E-state index is -0.782. The average molecular weight is 489 g/mol. The summed E-state index contributed by atoms with van der Waals surface area (Å²) in [6, 6.07) is 4.58. The predicted octanol–water partition coefficient (Wildman–Crippen LogP) is 3.30. The summed E-state index contributed by atoms with van der Waals surface area (Å²) in [5, 5.41) is 13.4. The molecule has 0 aromatic heterocycles. The molecule has 4 rings (SSSR count). The Morgan fingerprint density at radius 3 is 2.62 bits per heavy atom. The van der Waals surface area contributed by atoms with Crippen LogP contribution in [0.15, 0.2) is 18.2 Å². The van der Waals surface area contributed by atoms with Crippen LogP contribution < -0.4 is 5.32 Å². The van der Waals surface area contributed by atoms with Crippen molar-refractivity contribution in [3.63, 3.8) is 0 Å². The van der Waals surface area contributed by atoms with Crippen molar-refractivity contribution >= 4 is 35.2 Å². The van der Waals surface area contributed by atoms with Gasteiger partial charge in [-0.1, -0.05) is 26.0 Å². The second kappa shape index (κ2) is 8.86. The summed E-state index contributed by atoms with van der Waals surface area (Å²) in [6.45, 7) is 11.6. The van der Waals surface area contributed by atoms with Gasteiger partial charge in [0.15, 0.2) is 0 Å². The third-order valence-corrected chi connectivity index (χ3v) is 9.95. The first-order valence-corrected chi connectivity index (χ1v) is 13.0. The molecule has 0 radical (unpaired) electrons. The van der Waals surface area contributed by atoms with Gasteiger partial charge in [0.1, 0.15) is 6.04 Å². The number of carbonyl (C=O) groups is 3. The molecule has 1 aromatic carbocycles. The highest BCUT2D eigenvalue weighted by Gasteiger charge is 2.78. The Labute approximate surface area is 206 Å². The van der Waals surface area contributed by atoms with Crippen LogP contribution in [0.25, 0.3) is 0 Å². The maximum atomic E-state index is 14.0. The number of esters is 1. The van der Waals surface area contributed by atoms with Crippen LogP contribution in [0.4, 0.5) is 5.69 Å². The van der Waals surface area contributed by atoms with Crippen LogP contribution in [0, 0.1) is 31.6 Å². The van der Waals surface area contributed by atoms with Crippen LogP contribution in [-0.2, 0) is 19.1 Å². The number of nitrogens with one attached hydrogen (secondary N) is 1. The van der Waals surface area contributed by atoms with E-state index in [0.29, 0.717) is 12.1 Å². The van der Waals surface area contributed by atoms with Crippen LogP contribution in [0.2, 0.25) is 0 Å². The van der Waals surface area contributed by atoms with Crippen molar-refractivity contribution in [1.29, 1.82) is 0 Å². The molecule has 2 amide bonds. The van der Waals surface area contributed by atoms with Crippen molar-refractivity contribution in [3.8, 4) is 0 Å². The number of aliphatic hydroxyl groups is 1. The number of amides is 2. The molecule has 3 fully saturated rings. The molecule has 3 aliphatic heterocycles. The van der Waals surface area contributed by atoms with Gasteiger partial charge in [-0.2, -0.15) is 0 Å². The van der Waals surface area contributed by atoms with Crippen molar-refractivity contribution in [2.75, 3.05) is 18.5 Å². The fraction of sp³-hybridized carbons (Fsp3) is 0.654. The van der Waals surface area contributed by atoms with Gasteiger partial charge in [0, 0.05) is 10.4 Å². The highest BCUT2D eigenvalue weighted by atomic mass is 32.2. The van der Waals surface area contributed by atoms with Crippen LogP contribution in [0.1, 0.15) is 51.7 Å². The lowest BCUT2D eigenvalue weighted by Crippen LogP contribution is -2.56. The number of hydrogen-bond acceptors (Lipinski definition) is 6. The molecule has 8 heteroatoms. The van der Waals surface area contributed by atoms with E-state index in [9.17, 15) is 19.5 Å². The van der Waals surface area contributed by atoms with E-state index in [2.05, 4.69) is 5.32 Å². The third-order valence-electron chi connectivity index (χ3n) is 7.97. The summed E-state index contributed by atoms with van der Waals surface area (Å²) < 4.78 is 4.23. The molecule has 34 heavy (non-hydrogen) atoms. The van der Waals surface area contributed by atoms with Crippen LogP contribution in [-0.4, -0.2) is 62.6 Å². The Hall–Kier alpha value is -2.06. The number of ether oxygens (including phenoxy) is 1. The first-order chi connectivity index (χ1) is 16.0. The van der Waals surface area contributed by atoms with Gasteiger partial charge in [0.2, 0.25) is 11.8 Å². The van der Waals surface area contributed by atoms with Crippen molar-refractivity contribution in [3.05, 3.63) is 29.3 Å². The van der Waals surface area contributed by atoms with E-state index in [0.717, 1.165) is 17.5 Å². The summed E-state index contributed by atoms with van der Waals surface area (Å²) in [4.78, 5) is 42.7. The highest BCUT2D eigenvalue weighted by Crippen LogP contribution is 2.71. The number of anilines is 1. The van der Waals surface area contributed by atoms with Crippen LogP contribution in [0.3, 0.4) is 0 Å². The van der Waals surface area contributed by atoms with Crippen molar-refractivity contribution in [2.24, 2.45) is 17.8 Å². The van der Waals surface area contributed by atoms with Gasteiger partial charge in [-0.05, 0) is 63.6 Å². The summed E-state index contributed by atoms with van der Waals surface area (Å²) in [5.41, 5.74) is 2.68. The maximum absolute atomic E-state index is 14.0. The average Bonchev–Trinajstić information content (AvgIpc) is 3.32. The fourth-order valence-electron chi connectivity index (χ4n) is 6.30. The Morgan fingerprint density at radius 2 is 2.00 bits per heavy atom. The van der Waals surface area contributed by atoms with Gasteiger partial charge < -0.3 is 20.1 Å². The smallest absolute Gasteiger partial charge is 0.311 e. The Kier molecular flexibility index (Phi) is 6.53. The van der Waals surface area contributed by atoms with E-state index in [1.165, 1.54) is 0 Å². The molecule has 2 N–H and O–H groups in total. The number of nitrogens with zero attached hydrogens (tertiary/aromatic N) is 1. The number of thioether (sulfide) groups is 1. The summed E-state index contributed by atoms with van der Waals surface area (Å²) in [6.07, 6.45) is 1.40. The van der Waals surface area contributed by atoms with Gasteiger partial charge in [-0.25, -0.2) is 0 Å². The quantitative estimate of drug-likeness (QED) is 0.572. The highest BCUT2D eigenvalue weighted by molar-refractivity contribution is 8.02. The molecule has 0 saturated carbocycles. The molecule has 1 aromatic rings. The van der Waals surface area contributed by atoms with Crippen molar-refractivity contribution in [2.45, 2.75) is 76.0 Å². The molecule has 7 nitrogen and oxygen atoms in total. The molecular weight excluding hydrogens is 452 g/mol. The lowest BCUT2D eigenvalue weighted by Gasteiger charge is -2.38. The van der Waals surface area contributed by atoms with Gasteiger partial charge in [-0.15, -0.1) is 11.8 Å².